The molecule has 0 saturated carbocycles. The van der Waals surface area contributed by atoms with Crippen LogP contribution in [0.3, 0.4) is 0 Å². The third-order valence-electron chi connectivity index (χ3n) is 4.82. The van der Waals surface area contributed by atoms with Crippen LogP contribution in [-0.4, -0.2) is 18.4 Å². The van der Waals surface area contributed by atoms with Gasteiger partial charge in [-0.2, -0.15) is 0 Å². The molecule has 1 aliphatic heterocycles. The van der Waals surface area contributed by atoms with Crippen LogP contribution in [0.2, 0.25) is 0 Å². The maximum atomic E-state index is 14.2. The van der Waals surface area contributed by atoms with Gasteiger partial charge in [0.1, 0.15) is 5.82 Å². The van der Waals surface area contributed by atoms with E-state index in [-0.39, 0.29) is 30.5 Å². The summed E-state index contributed by atoms with van der Waals surface area (Å²) in [6, 6.07) is 8.77. The number of aryl methyl sites for hydroxylation is 4. The fraction of sp³-hybridized carbons (Fsp3) is 0.333. The molecule has 0 spiro atoms. The molecule has 0 radical (unpaired) electrons. The average Bonchev–Trinajstić information content (AvgIpc) is 2.92. The summed E-state index contributed by atoms with van der Waals surface area (Å²) in [6.45, 7) is 7.89. The highest BCUT2D eigenvalue weighted by Crippen LogP contribution is 2.29. The summed E-state index contributed by atoms with van der Waals surface area (Å²) in [5.74, 6) is -1.37. The summed E-state index contributed by atoms with van der Waals surface area (Å²) in [5, 5.41) is 2.95. The highest BCUT2D eigenvalue weighted by Gasteiger charge is 2.36. The number of carbonyl (C=O) groups is 2. The van der Waals surface area contributed by atoms with Crippen LogP contribution >= 0.6 is 0 Å². The first-order valence-corrected chi connectivity index (χ1v) is 8.71. The van der Waals surface area contributed by atoms with Crippen molar-refractivity contribution in [3.63, 3.8) is 0 Å². The van der Waals surface area contributed by atoms with E-state index in [1.807, 2.05) is 32.9 Å². The number of amides is 2. The lowest BCUT2D eigenvalue weighted by Gasteiger charge is -2.18. The molecule has 3 rings (SSSR count). The van der Waals surface area contributed by atoms with E-state index in [0.29, 0.717) is 0 Å². The monoisotopic (exact) mass is 354 g/mol. The van der Waals surface area contributed by atoms with Crippen LogP contribution in [0.4, 0.5) is 15.8 Å². The second kappa shape index (κ2) is 6.90. The van der Waals surface area contributed by atoms with Crippen molar-refractivity contribution in [1.82, 2.24) is 0 Å². The van der Waals surface area contributed by atoms with Gasteiger partial charge < -0.3 is 10.2 Å². The van der Waals surface area contributed by atoms with Crippen LogP contribution in [0.1, 0.15) is 28.7 Å². The fourth-order valence-electron chi connectivity index (χ4n) is 3.55. The molecule has 1 heterocycles. The molecule has 26 heavy (non-hydrogen) atoms. The molecule has 5 heteroatoms. The first-order valence-electron chi connectivity index (χ1n) is 8.71. The maximum absolute atomic E-state index is 14.2. The quantitative estimate of drug-likeness (QED) is 0.904. The number of anilines is 2. The van der Waals surface area contributed by atoms with Crippen LogP contribution in [0, 0.1) is 39.4 Å². The first kappa shape index (κ1) is 18.1. The molecule has 0 aliphatic carbocycles. The van der Waals surface area contributed by atoms with Gasteiger partial charge in [0, 0.05) is 18.7 Å². The molecular weight excluding hydrogens is 331 g/mol. The van der Waals surface area contributed by atoms with E-state index in [4.69, 9.17) is 0 Å². The van der Waals surface area contributed by atoms with Crippen LogP contribution < -0.4 is 10.2 Å². The summed E-state index contributed by atoms with van der Waals surface area (Å²) in [6.07, 6.45) is 0.0864. The smallest absolute Gasteiger partial charge is 0.229 e. The first-order chi connectivity index (χ1) is 12.3. The van der Waals surface area contributed by atoms with Crippen LogP contribution in [0.25, 0.3) is 0 Å². The van der Waals surface area contributed by atoms with Crippen molar-refractivity contribution < 1.29 is 14.0 Å². The topological polar surface area (TPSA) is 49.4 Å². The van der Waals surface area contributed by atoms with Crippen molar-refractivity contribution >= 4 is 23.2 Å². The molecule has 2 amide bonds. The fourth-order valence-corrected chi connectivity index (χ4v) is 3.55. The Labute approximate surface area is 153 Å². The third-order valence-corrected chi connectivity index (χ3v) is 4.82. The summed E-state index contributed by atoms with van der Waals surface area (Å²) in [7, 11) is 0. The van der Waals surface area contributed by atoms with E-state index in [9.17, 15) is 14.0 Å². The SMILES string of the molecule is Cc1cc(C)c(NC(=O)C2CC(=O)N(c3ccc(C)cc3F)C2)c(C)c1. The Kier molecular flexibility index (Phi) is 4.81. The minimum Gasteiger partial charge on any atom is -0.325 e. The van der Waals surface area contributed by atoms with E-state index in [0.717, 1.165) is 27.9 Å². The lowest BCUT2D eigenvalue weighted by molar-refractivity contribution is -0.122. The van der Waals surface area contributed by atoms with Gasteiger partial charge >= 0.3 is 0 Å². The number of carbonyl (C=O) groups excluding carboxylic acids is 2. The minimum absolute atomic E-state index is 0.0864. The number of hydrogen-bond donors (Lipinski definition) is 1. The molecule has 1 fully saturated rings. The summed E-state index contributed by atoms with van der Waals surface area (Å²) >= 11 is 0. The van der Waals surface area contributed by atoms with Crippen molar-refractivity contribution in [2.75, 3.05) is 16.8 Å². The van der Waals surface area contributed by atoms with Crippen LogP contribution in [0.15, 0.2) is 30.3 Å². The Hall–Kier alpha value is -2.69. The molecule has 1 N–H and O–H groups in total. The normalized spacial score (nSPS) is 16.9. The molecule has 0 bridgehead atoms. The van der Waals surface area contributed by atoms with Gasteiger partial charge in [0.25, 0.3) is 0 Å². The van der Waals surface area contributed by atoms with E-state index >= 15 is 0 Å². The highest BCUT2D eigenvalue weighted by molar-refractivity contribution is 6.04. The zero-order chi connectivity index (χ0) is 19.0. The van der Waals surface area contributed by atoms with Crippen molar-refractivity contribution in [2.45, 2.75) is 34.1 Å². The molecule has 0 aromatic heterocycles. The zero-order valence-corrected chi connectivity index (χ0v) is 15.5. The molecular formula is C21H23FN2O2. The number of nitrogens with zero attached hydrogens (tertiary/aromatic N) is 1. The summed E-state index contributed by atoms with van der Waals surface area (Å²) in [4.78, 5) is 26.4. The van der Waals surface area contributed by atoms with Gasteiger partial charge in [-0.1, -0.05) is 23.8 Å². The molecule has 1 aliphatic rings. The largest absolute Gasteiger partial charge is 0.325 e. The maximum Gasteiger partial charge on any atom is 0.229 e. The predicted molar refractivity (Wildman–Crippen MR) is 101 cm³/mol. The van der Waals surface area contributed by atoms with Gasteiger partial charge in [-0.25, -0.2) is 4.39 Å². The third kappa shape index (κ3) is 3.47. The lowest BCUT2D eigenvalue weighted by atomic mass is 10.0. The van der Waals surface area contributed by atoms with E-state index in [2.05, 4.69) is 5.32 Å². The standard InChI is InChI=1S/C21H23FN2O2/c1-12-5-6-18(17(22)9-12)24-11-16(10-19(24)25)21(26)23-20-14(3)7-13(2)8-15(20)4/h5-9,16H,10-11H2,1-4H3,(H,23,26). The lowest BCUT2D eigenvalue weighted by Crippen LogP contribution is -2.29. The Morgan fingerprint density at radius 1 is 1.08 bits per heavy atom. The molecule has 1 saturated heterocycles. The number of halogens is 1. The van der Waals surface area contributed by atoms with Crippen molar-refractivity contribution in [1.29, 1.82) is 0 Å². The number of hydrogen-bond acceptors (Lipinski definition) is 2. The summed E-state index contributed by atoms with van der Waals surface area (Å²) < 4.78 is 14.2. The predicted octanol–water partition coefficient (Wildman–Crippen LogP) is 4.05. The van der Waals surface area contributed by atoms with E-state index in [1.54, 1.807) is 19.1 Å². The van der Waals surface area contributed by atoms with Gasteiger partial charge in [0.05, 0.1) is 11.6 Å². The molecule has 2 aromatic rings. The van der Waals surface area contributed by atoms with Gasteiger partial charge in [-0.05, 0) is 56.5 Å². The highest BCUT2D eigenvalue weighted by atomic mass is 19.1. The van der Waals surface area contributed by atoms with Gasteiger partial charge in [0.2, 0.25) is 11.8 Å². The van der Waals surface area contributed by atoms with Gasteiger partial charge in [-0.3, -0.25) is 9.59 Å². The van der Waals surface area contributed by atoms with Gasteiger partial charge in [0.15, 0.2) is 0 Å². The van der Waals surface area contributed by atoms with Crippen molar-refractivity contribution in [3.05, 3.63) is 58.4 Å². The Morgan fingerprint density at radius 3 is 2.35 bits per heavy atom. The van der Waals surface area contributed by atoms with E-state index < -0.39 is 11.7 Å². The number of rotatable bonds is 3. The Morgan fingerprint density at radius 2 is 1.73 bits per heavy atom. The number of benzene rings is 2. The Bertz CT molecular complexity index is 869. The second-order valence-electron chi connectivity index (χ2n) is 7.12. The molecule has 1 unspecified atom stereocenters. The molecule has 1 atom stereocenters. The second-order valence-corrected chi connectivity index (χ2v) is 7.12. The zero-order valence-electron chi connectivity index (χ0n) is 15.5. The van der Waals surface area contributed by atoms with Crippen molar-refractivity contribution in [2.24, 2.45) is 5.92 Å². The molecule has 4 nitrogen and oxygen atoms in total. The van der Waals surface area contributed by atoms with Crippen molar-refractivity contribution in [3.8, 4) is 0 Å². The van der Waals surface area contributed by atoms with E-state index in [1.165, 1.54) is 11.0 Å². The number of nitrogens with one attached hydrogen (secondary N) is 1. The average molecular weight is 354 g/mol. The van der Waals surface area contributed by atoms with Crippen LogP contribution in [0.5, 0.6) is 0 Å². The summed E-state index contributed by atoms with van der Waals surface area (Å²) in [5.41, 5.74) is 4.92. The van der Waals surface area contributed by atoms with Gasteiger partial charge in [-0.15, -0.1) is 0 Å². The Balaban J connectivity index is 1.77. The molecule has 136 valence electrons. The minimum atomic E-state index is -0.497. The van der Waals surface area contributed by atoms with Crippen LogP contribution in [-0.2, 0) is 9.59 Å². The molecule has 2 aromatic carbocycles.